The molecule has 6 heteroatoms. The number of carbonyl (C=O) groups excluding carboxylic acids is 2. The van der Waals surface area contributed by atoms with E-state index in [-0.39, 0.29) is 13.0 Å². The zero-order valence-electron chi connectivity index (χ0n) is 18.8. The molecule has 2 atom stereocenters. The first kappa shape index (κ1) is 25.9. The smallest absolute Gasteiger partial charge is 0.315 e. The molecule has 0 bridgehead atoms. The Morgan fingerprint density at radius 3 is 2.00 bits per heavy atom. The second-order valence-electron chi connectivity index (χ2n) is 8.63. The van der Waals surface area contributed by atoms with Crippen molar-refractivity contribution >= 4 is 11.9 Å². The normalized spacial score (nSPS) is 15.7. The first-order valence-corrected chi connectivity index (χ1v) is 9.82. The largest absolute Gasteiger partial charge is 0.468 e. The van der Waals surface area contributed by atoms with Gasteiger partial charge in [-0.1, -0.05) is 34.1 Å². The van der Waals surface area contributed by atoms with Crippen LogP contribution in [0.15, 0.2) is 0 Å². The second kappa shape index (κ2) is 11.0. The number of rotatable bonds is 12. The van der Waals surface area contributed by atoms with Gasteiger partial charge in [0.15, 0.2) is 0 Å². The SMILES string of the molecule is CCCCOC(=O)CC(C(=O)OC)(C(COC)OC(C)(C)C)C(C)(C)CC. The summed E-state index contributed by atoms with van der Waals surface area (Å²) >= 11 is 0. The van der Waals surface area contributed by atoms with Gasteiger partial charge in [-0.05, 0) is 39.0 Å². The van der Waals surface area contributed by atoms with Gasteiger partial charge >= 0.3 is 11.9 Å². The summed E-state index contributed by atoms with van der Waals surface area (Å²) in [5.41, 5.74) is -2.35. The van der Waals surface area contributed by atoms with E-state index < -0.39 is 34.5 Å². The predicted octanol–water partition coefficient (Wildman–Crippen LogP) is 4.15. The van der Waals surface area contributed by atoms with Gasteiger partial charge < -0.3 is 18.9 Å². The average Bonchev–Trinajstić information content (AvgIpc) is 2.57. The molecule has 0 aromatic heterocycles. The van der Waals surface area contributed by atoms with Gasteiger partial charge in [0, 0.05) is 7.11 Å². The Morgan fingerprint density at radius 1 is 1.00 bits per heavy atom. The molecule has 0 radical (unpaired) electrons. The Hall–Kier alpha value is -1.14. The summed E-state index contributed by atoms with van der Waals surface area (Å²) in [5, 5.41) is 0. The molecule has 0 N–H and O–H groups in total. The number of hydrogen-bond acceptors (Lipinski definition) is 6. The van der Waals surface area contributed by atoms with E-state index in [1.165, 1.54) is 7.11 Å². The maximum Gasteiger partial charge on any atom is 0.315 e. The highest BCUT2D eigenvalue weighted by atomic mass is 16.6. The highest BCUT2D eigenvalue weighted by Crippen LogP contribution is 2.50. The van der Waals surface area contributed by atoms with Crippen LogP contribution < -0.4 is 0 Å². The van der Waals surface area contributed by atoms with Gasteiger partial charge in [-0.3, -0.25) is 9.59 Å². The maximum absolute atomic E-state index is 13.1. The third-order valence-electron chi connectivity index (χ3n) is 5.19. The van der Waals surface area contributed by atoms with Crippen LogP contribution in [0.25, 0.3) is 0 Å². The minimum atomic E-state index is -1.23. The summed E-state index contributed by atoms with van der Waals surface area (Å²) in [5.74, 6) is -0.901. The minimum Gasteiger partial charge on any atom is -0.468 e. The molecule has 160 valence electrons. The van der Waals surface area contributed by atoms with Crippen molar-refractivity contribution in [1.82, 2.24) is 0 Å². The fourth-order valence-electron chi connectivity index (χ4n) is 3.23. The lowest BCUT2D eigenvalue weighted by molar-refractivity contribution is -0.207. The molecule has 0 heterocycles. The second-order valence-corrected chi connectivity index (χ2v) is 8.63. The lowest BCUT2D eigenvalue weighted by Gasteiger charge is -2.49. The van der Waals surface area contributed by atoms with Gasteiger partial charge in [0.05, 0.1) is 38.4 Å². The van der Waals surface area contributed by atoms with Crippen LogP contribution in [0.2, 0.25) is 0 Å². The minimum absolute atomic E-state index is 0.117. The quantitative estimate of drug-likeness (QED) is 0.369. The molecule has 0 saturated heterocycles. The van der Waals surface area contributed by atoms with Crippen LogP contribution >= 0.6 is 0 Å². The summed E-state index contributed by atoms with van der Waals surface area (Å²) in [6.45, 7) is 14.2. The van der Waals surface area contributed by atoms with Crippen LogP contribution in [-0.2, 0) is 28.5 Å². The topological polar surface area (TPSA) is 71.1 Å². The Bertz CT molecular complexity index is 466. The van der Waals surface area contributed by atoms with Gasteiger partial charge in [0.25, 0.3) is 0 Å². The third-order valence-corrected chi connectivity index (χ3v) is 5.19. The molecule has 0 aliphatic carbocycles. The molecule has 0 spiro atoms. The maximum atomic E-state index is 13.1. The molecule has 0 rings (SSSR count). The first-order chi connectivity index (χ1) is 12.4. The lowest BCUT2D eigenvalue weighted by atomic mass is 9.59. The molecule has 0 amide bonds. The molecular weight excluding hydrogens is 348 g/mol. The number of hydrogen-bond donors (Lipinski definition) is 0. The van der Waals surface area contributed by atoms with Gasteiger partial charge in [-0.15, -0.1) is 0 Å². The van der Waals surface area contributed by atoms with E-state index in [2.05, 4.69) is 0 Å². The van der Waals surface area contributed by atoms with E-state index in [4.69, 9.17) is 18.9 Å². The molecule has 6 nitrogen and oxygen atoms in total. The zero-order chi connectivity index (χ0) is 21.3. The molecule has 0 aromatic rings. The van der Waals surface area contributed by atoms with E-state index in [1.54, 1.807) is 7.11 Å². The predicted molar refractivity (Wildman–Crippen MR) is 106 cm³/mol. The molecular formula is C21H40O6. The van der Waals surface area contributed by atoms with Crippen molar-refractivity contribution in [2.75, 3.05) is 27.4 Å². The van der Waals surface area contributed by atoms with E-state index in [9.17, 15) is 9.59 Å². The van der Waals surface area contributed by atoms with Crippen LogP contribution in [0.5, 0.6) is 0 Å². The summed E-state index contributed by atoms with van der Waals surface area (Å²) in [6.07, 6.45) is 1.58. The van der Waals surface area contributed by atoms with Crippen LogP contribution in [0.1, 0.15) is 74.1 Å². The molecule has 27 heavy (non-hydrogen) atoms. The van der Waals surface area contributed by atoms with Crippen LogP contribution in [0.4, 0.5) is 0 Å². The van der Waals surface area contributed by atoms with Crippen LogP contribution in [-0.4, -0.2) is 51.1 Å². The fraction of sp³-hybridized carbons (Fsp3) is 0.905. The number of carbonyl (C=O) groups is 2. The summed E-state index contributed by atoms with van der Waals surface area (Å²) < 4.78 is 22.2. The highest BCUT2D eigenvalue weighted by Gasteiger charge is 2.59. The van der Waals surface area contributed by atoms with Gasteiger partial charge in [0.1, 0.15) is 5.41 Å². The Labute approximate surface area is 165 Å². The van der Waals surface area contributed by atoms with Crippen molar-refractivity contribution in [3.8, 4) is 0 Å². The van der Waals surface area contributed by atoms with Crippen molar-refractivity contribution in [3.63, 3.8) is 0 Å². The van der Waals surface area contributed by atoms with Gasteiger partial charge in [0.2, 0.25) is 0 Å². The van der Waals surface area contributed by atoms with Crippen LogP contribution in [0.3, 0.4) is 0 Å². The number of methoxy groups -OCH3 is 2. The molecule has 0 aromatic carbocycles. The van der Waals surface area contributed by atoms with Crippen molar-refractivity contribution in [1.29, 1.82) is 0 Å². The summed E-state index contributed by atoms with van der Waals surface area (Å²) in [6, 6.07) is 0. The zero-order valence-corrected chi connectivity index (χ0v) is 18.8. The number of unbranched alkanes of at least 4 members (excludes halogenated alkanes) is 1. The number of ether oxygens (including phenoxy) is 4. The van der Waals surface area contributed by atoms with Gasteiger partial charge in [-0.25, -0.2) is 0 Å². The Balaban J connectivity index is 6.19. The third kappa shape index (κ3) is 7.07. The monoisotopic (exact) mass is 388 g/mol. The van der Waals surface area contributed by atoms with Crippen molar-refractivity contribution in [3.05, 3.63) is 0 Å². The molecule has 2 unspecified atom stereocenters. The average molecular weight is 389 g/mol. The lowest BCUT2D eigenvalue weighted by Crippen LogP contribution is -2.58. The number of esters is 2. The molecule has 0 saturated carbocycles. The Kier molecular flexibility index (Phi) is 10.5. The van der Waals surface area contributed by atoms with Crippen molar-refractivity contribution in [2.45, 2.75) is 85.9 Å². The first-order valence-electron chi connectivity index (χ1n) is 9.82. The summed E-state index contributed by atoms with van der Waals surface area (Å²) in [4.78, 5) is 25.8. The highest BCUT2D eigenvalue weighted by molar-refractivity contribution is 5.85. The van der Waals surface area contributed by atoms with Crippen LogP contribution in [0, 0.1) is 10.8 Å². The van der Waals surface area contributed by atoms with Crippen molar-refractivity contribution in [2.24, 2.45) is 10.8 Å². The van der Waals surface area contributed by atoms with Gasteiger partial charge in [-0.2, -0.15) is 0 Å². The molecule has 0 fully saturated rings. The van der Waals surface area contributed by atoms with E-state index >= 15 is 0 Å². The van der Waals surface area contributed by atoms with Crippen molar-refractivity contribution < 1.29 is 28.5 Å². The molecule has 0 aliphatic heterocycles. The van der Waals surface area contributed by atoms with E-state index in [0.717, 1.165) is 12.8 Å². The molecule has 0 aliphatic rings. The summed E-state index contributed by atoms with van der Waals surface area (Å²) in [7, 11) is 2.89. The Morgan fingerprint density at radius 2 is 1.59 bits per heavy atom. The van der Waals surface area contributed by atoms with E-state index in [1.807, 2.05) is 48.5 Å². The fourth-order valence-corrected chi connectivity index (χ4v) is 3.23. The standard InChI is InChI=1S/C21H40O6/c1-10-12-13-26-17(22)14-21(18(23)25-9,20(6,7)11-2)16(15-24-8)27-19(3,4)5/h16H,10-15H2,1-9H3. The van der Waals surface area contributed by atoms with E-state index in [0.29, 0.717) is 13.0 Å².